The molecule has 0 spiro atoms. The predicted molar refractivity (Wildman–Crippen MR) is 183 cm³/mol. The maximum Gasteiger partial charge on any atom is 0.337 e. The van der Waals surface area contributed by atoms with E-state index in [9.17, 15) is 29.4 Å². The summed E-state index contributed by atoms with van der Waals surface area (Å²) in [7, 11) is 2.53. The van der Waals surface area contributed by atoms with Crippen LogP contribution in [0.3, 0.4) is 0 Å². The standard InChI is InChI=1S/C30H32N6O8S2.C2H6/c1-43-29(41)17-3-5-23(37)19(13-17)27-35-21(15-45-27)25(39)33-11-9-31-7-8-32-10-12-34-26(40)22-16-46-28(36-22)20-14-18(30(42)44-2)4-6-24(20)38;1-2/h3-6,13-16,31-32,37-38H,7-12H2,1-2H3,(H,33,39)(H,34,40);1-2H3. The number of nitrogens with one attached hydrogen (secondary N) is 4. The minimum atomic E-state index is -0.544. The molecule has 14 nitrogen and oxygen atoms in total. The number of carbonyl (C=O) groups is 4. The van der Waals surface area contributed by atoms with Crippen molar-refractivity contribution in [3.63, 3.8) is 0 Å². The van der Waals surface area contributed by atoms with Crippen molar-refractivity contribution >= 4 is 46.4 Å². The summed E-state index contributed by atoms with van der Waals surface area (Å²) < 4.78 is 9.42. The number of esters is 2. The van der Waals surface area contributed by atoms with E-state index in [0.717, 1.165) is 0 Å². The third-order valence-electron chi connectivity index (χ3n) is 6.42. The first kappa shape index (κ1) is 37.6. The summed E-state index contributed by atoms with van der Waals surface area (Å²) in [5, 5.41) is 36.3. The summed E-state index contributed by atoms with van der Waals surface area (Å²) in [4.78, 5) is 57.2. The average Bonchev–Trinajstić information content (AvgIpc) is 3.81. The van der Waals surface area contributed by atoms with Crippen LogP contribution >= 0.6 is 22.7 Å². The van der Waals surface area contributed by atoms with Crippen LogP contribution in [0.4, 0.5) is 0 Å². The lowest BCUT2D eigenvalue weighted by molar-refractivity contribution is 0.0592. The van der Waals surface area contributed by atoms with E-state index in [0.29, 0.717) is 60.4 Å². The highest BCUT2D eigenvalue weighted by Gasteiger charge is 2.18. The molecule has 0 saturated carbocycles. The Kier molecular flexibility index (Phi) is 14.9. The van der Waals surface area contributed by atoms with Gasteiger partial charge in [-0.25, -0.2) is 19.6 Å². The molecule has 0 aliphatic heterocycles. The van der Waals surface area contributed by atoms with Gasteiger partial charge in [0.1, 0.15) is 32.9 Å². The number of hydrogen-bond acceptors (Lipinski definition) is 14. The van der Waals surface area contributed by atoms with Crippen LogP contribution < -0.4 is 21.3 Å². The van der Waals surface area contributed by atoms with Crippen LogP contribution in [0.2, 0.25) is 0 Å². The molecule has 2 aromatic heterocycles. The smallest absolute Gasteiger partial charge is 0.337 e. The number of aromatic hydroxyl groups is 2. The van der Waals surface area contributed by atoms with E-state index < -0.39 is 11.9 Å². The monoisotopic (exact) mass is 698 g/mol. The molecule has 2 heterocycles. The fourth-order valence-corrected chi connectivity index (χ4v) is 5.69. The Bertz CT molecular complexity index is 1580. The molecule has 0 bridgehead atoms. The Morgan fingerprint density at radius 1 is 0.646 bits per heavy atom. The molecule has 48 heavy (non-hydrogen) atoms. The van der Waals surface area contributed by atoms with Crippen molar-refractivity contribution in [2.45, 2.75) is 13.8 Å². The van der Waals surface area contributed by atoms with Gasteiger partial charge in [-0.05, 0) is 36.4 Å². The van der Waals surface area contributed by atoms with Crippen LogP contribution in [0.5, 0.6) is 11.5 Å². The summed E-state index contributed by atoms with van der Waals surface area (Å²) in [5.74, 6) is -1.94. The maximum absolute atomic E-state index is 12.5. The second-order valence-electron chi connectivity index (χ2n) is 9.53. The summed E-state index contributed by atoms with van der Waals surface area (Å²) in [5.41, 5.74) is 1.59. The lowest BCUT2D eigenvalue weighted by Crippen LogP contribution is -2.37. The van der Waals surface area contributed by atoms with E-state index in [-0.39, 0.29) is 45.8 Å². The number of nitrogens with zero attached hydrogens (tertiary/aromatic N) is 2. The number of methoxy groups -OCH3 is 2. The molecule has 0 aliphatic carbocycles. The number of thiazole rings is 2. The molecule has 0 unspecified atom stereocenters. The van der Waals surface area contributed by atoms with Gasteiger partial charge in [0, 0.05) is 50.0 Å². The Morgan fingerprint density at radius 3 is 1.40 bits per heavy atom. The van der Waals surface area contributed by atoms with Crippen molar-refractivity contribution in [3.8, 4) is 32.6 Å². The van der Waals surface area contributed by atoms with Gasteiger partial charge in [0.15, 0.2) is 0 Å². The zero-order valence-corrected chi connectivity index (χ0v) is 28.5. The predicted octanol–water partition coefficient (Wildman–Crippen LogP) is 3.28. The van der Waals surface area contributed by atoms with Gasteiger partial charge in [-0.3, -0.25) is 9.59 Å². The van der Waals surface area contributed by atoms with Crippen molar-refractivity contribution in [1.29, 1.82) is 0 Å². The zero-order valence-electron chi connectivity index (χ0n) is 26.9. The van der Waals surface area contributed by atoms with Gasteiger partial charge in [0.2, 0.25) is 0 Å². The second kappa shape index (κ2) is 19.0. The highest BCUT2D eigenvalue weighted by Crippen LogP contribution is 2.33. The van der Waals surface area contributed by atoms with Crippen LogP contribution in [-0.2, 0) is 9.47 Å². The van der Waals surface area contributed by atoms with Crippen molar-refractivity contribution in [2.75, 3.05) is 53.5 Å². The van der Waals surface area contributed by atoms with E-state index >= 15 is 0 Å². The van der Waals surface area contributed by atoms with Crippen molar-refractivity contribution in [3.05, 3.63) is 69.7 Å². The third kappa shape index (κ3) is 10.3. The van der Waals surface area contributed by atoms with Gasteiger partial charge in [-0.15, -0.1) is 22.7 Å². The number of amides is 2. The quantitative estimate of drug-likeness (QED) is 0.0783. The van der Waals surface area contributed by atoms with Gasteiger partial charge >= 0.3 is 11.9 Å². The molecular formula is C32H38N6O8S2. The SMILES string of the molecule is CC.COC(=O)c1ccc(O)c(-c2nc(C(=O)NCCNCCNCCNC(=O)c3csc(-c4cc(C(=O)OC)ccc4O)n3)cs2)c1. The number of benzene rings is 2. The molecule has 4 rings (SSSR count). The van der Waals surface area contributed by atoms with Crippen LogP contribution in [0.1, 0.15) is 55.5 Å². The molecule has 0 atom stereocenters. The van der Waals surface area contributed by atoms with Crippen molar-refractivity contribution in [1.82, 2.24) is 31.2 Å². The van der Waals surface area contributed by atoms with Gasteiger partial charge < -0.3 is 41.0 Å². The van der Waals surface area contributed by atoms with Crippen molar-refractivity contribution < 1.29 is 38.9 Å². The van der Waals surface area contributed by atoms with Crippen LogP contribution in [-0.4, -0.2) is 97.4 Å². The number of carbonyl (C=O) groups excluding carboxylic acids is 4. The number of ether oxygens (including phenoxy) is 2. The van der Waals surface area contributed by atoms with Crippen molar-refractivity contribution in [2.24, 2.45) is 0 Å². The number of phenolic OH excluding ortho intramolecular Hbond substituents is 2. The number of hydrogen-bond donors (Lipinski definition) is 6. The van der Waals surface area contributed by atoms with Gasteiger partial charge in [-0.1, -0.05) is 13.8 Å². The van der Waals surface area contributed by atoms with Gasteiger partial charge in [0.25, 0.3) is 11.8 Å². The first-order chi connectivity index (χ1) is 23.2. The minimum Gasteiger partial charge on any atom is -0.507 e. The molecule has 0 radical (unpaired) electrons. The normalized spacial score (nSPS) is 10.4. The first-order valence-corrected chi connectivity index (χ1v) is 16.7. The summed E-state index contributed by atoms with van der Waals surface area (Å²) >= 11 is 2.34. The summed E-state index contributed by atoms with van der Waals surface area (Å²) in [6, 6.07) is 8.57. The summed E-state index contributed by atoms with van der Waals surface area (Å²) in [6.07, 6.45) is 0. The minimum absolute atomic E-state index is 0.0642. The lowest BCUT2D eigenvalue weighted by atomic mass is 10.1. The number of rotatable bonds is 15. The molecule has 2 aromatic carbocycles. The molecule has 6 N–H and O–H groups in total. The van der Waals surface area contributed by atoms with E-state index in [1.807, 2.05) is 13.8 Å². The topological polar surface area (TPSA) is 201 Å². The maximum atomic E-state index is 12.5. The fourth-order valence-electron chi connectivity index (χ4n) is 4.04. The first-order valence-electron chi connectivity index (χ1n) is 14.9. The highest BCUT2D eigenvalue weighted by molar-refractivity contribution is 7.13. The van der Waals surface area contributed by atoms with Gasteiger partial charge in [-0.2, -0.15) is 0 Å². The van der Waals surface area contributed by atoms with Crippen LogP contribution in [0.15, 0.2) is 47.2 Å². The molecule has 0 aliphatic rings. The Labute approximate surface area is 285 Å². The molecule has 0 fully saturated rings. The molecule has 2 amide bonds. The van der Waals surface area contributed by atoms with E-state index in [1.54, 1.807) is 10.8 Å². The van der Waals surface area contributed by atoms with Gasteiger partial charge in [0.05, 0.1) is 36.5 Å². The number of aromatic nitrogens is 2. The van der Waals surface area contributed by atoms with E-state index in [2.05, 4.69) is 31.2 Å². The van der Waals surface area contributed by atoms with E-state index in [4.69, 9.17) is 9.47 Å². The molecular weight excluding hydrogens is 661 g/mol. The molecule has 4 aromatic rings. The molecule has 0 saturated heterocycles. The Morgan fingerprint density at radius 2 is 1.02 bits per heavy atom. The summed E-state index contributed by atoms with van der Waals surface area (Å²) in [6.45, 7) is 7.03. The lowest BCUT2D eigenvalue weighted by Gasteiger charge is -2.08. The Balaban J connectivity index is 0.00000307. The Hall–Kier alpha value is -4.90. The van der Waals surface area contributed by atoms with E-state index in [1.165, 1.54) is 73.3 Å². The second-order valence-corrected chi connectivity index (χ2v) is 11.3. The number of phenols is 2. The van der Waals surface area contributed by atoms with Crippen LogP contribution in [0, 0.1) is 0 Å². The molecule has 256 valence electrons. The zero-order chi connectivity index (χ0) is 35.1. The van der Waals surface area contributed by atoms with Crippen LogP contribution in [0.25, 0.3) is 21.1 Å². The average molecular weight is 699 g/mol. The highest BCUT2D eigenvalue weighted by atomic mass is 32.1. The largest absolute Gasteiger partial charge is 0.507 e. The third-order valence-corrected chi connectivity index (χ3v) is 8.17. The fraction of sp³-hybridized carbons (Fsp3) is 0.312. The molecule has 16 heteroatoms.